The maximum absolute atomic E-state index is 12.9. The van der Waals surface area contributed by atoms with E-state index in [4.69, 9.17) is 4.42 Å². The number of furan rings is 1. The van der Waals surface area contributed by atoms with Gasteiger partial charge in [-0.1, -0.05) is 0 Å². The highest BCUT2D eigenvalue weighted by Gasteiger charge is 2.40. The highest BCUT2D eigenvalue weighted by Crippen LogP contribution is 2.43. The van der Waals surface area contributed by atoms with E-state index in [0.717, 1.165) is 16.7 Å². The summed E-state index contributed by atoms with van der Waals surface area (Å²) in [6.45, 7) is 1.82. The van der Waals surface area contributed by atoms with Crippen molar-refractivity contribution in [2.24, 2.45) is 14.1 Å². The molecule has 4 rings (SSSR count). The van der Waals surface area contributed by atoms with Crippen LogP contribution in [0.1, 0.15) is 42.3 Å². The number of nitrogens with zero attached hydrogens (tertiary/aromatic N) is 2. The summed E-state index contributed by atoms with van der Waals surface area (Å²) in [6, 6.07) is 3.61. The van der Waals surface area contributed by atoms with Gasteiger partial charge in [0.1, 0.15) is 17.3 Å². The van der Waals surface area contributed by atoms with Crippen molar-refractivity contribution in [3.63, 3.8) is 0 Å². The van der Waals surface area contributed by atoms with Gasteiger partial charge in [0.25, 0.3) is 5.56 Å². The molecule has 2 aliphatic rings. The quantitative estimate of drug-likeness (QED) is 0.850. The molecular formula is C18H19N3O4. The van der Waals surface area contributed by atoms with Gasteiger partial charge in [-0.05, 0) is 31.9 Å². The number of carbonyl (C=O) groups is 1. The van der Waals surface area contributed by atoms with Gasteiger partial charge >= 0.3 is 5.69 Å². The lowest BCUT2D eigenvalue weighted by Gasteiger charge is -2.33. The molecule has 130 valence electrons. The van der Waals surface area contributed by atoms with Crippen molar-refractivity contribution in [3.05, 3.63) is 61.3 Å². The number of allylic oxidation sites excluding steroid dienone is 2. The van der Waals surface area contributed by atoms with E-state index in [0.29, 0.717) is 41.3 Å². The molecule has 7 nitrogen and oxygen atoms in total. The van der Waals surface area contributed by atoms with Crippen molar-refractivity contribution >= 4 is 11.6 Å². The molecule has 1 aliphatic heterocycles. The molecule has 0 fully saturated rings. The Labute approximate surface area is 143 Å². The summed E-state index contributed by atoms with van der Waals surface area (Å²) in [7, 11) is 3.07. The fourth-order valence-electron chi connectivity index (χ4n) is 3.79. The van der Waals surface area contributed by atoms with Gasteiger partial charge in [0, 0.05) is 31.8 Å². The second-order valence-electron chi connectivity index (χ2n) is 6.64. The number of ketones is 1. The van der Waals surface area contributed by atoms with E-state index in [1.54, 1.807) is 13.1 Å². The standard InChI is InChI=1S/C18H19N3O4/c1-9-7-8-12(25-9)14-13-10(5-4-6-11(13)22)19-16-15(14)17(23)21(3)18(24)20(16)2/h7-8,14,19H,4-6H2,1-3H3/t14-/m0/s1. The lowest BCUT2D eigenvalue weighted by atomic mass is 9.79. The van der Waals surface area contributed by atoms with E-state index in [1.165, 1.54) is 11.6 Å². The van der Waals surface area contributed by atoms with Crippen LogP contribution in [0.4, 0.5) is 5.82 Å². The molecule has 0 bridgehead atoms. The fourth-order valence-corrected chi connectivity index (χ4v) is 3.79. The van der Waals surface area contributed by atoms with Gasteiger partial charge in [-0.25, -0.2) is 4.79 Å². The number of rotatable bonds is 1. The Hall–Kier alpha value is -2.83. The molecule has 7 heteroatoms. The van der Waals surface area contributed by atoms with Gasteiger partial charge < -0.3 is 9.73 Å². The Balaban J connectivity index is 2.09. The minimum Gasteiger partial charge on any atom is -0.465 e. The molecule has 0 saturated heterocycles. The molecule has 0 unspecified atom stereocenters. The molecule has 0 aromatic carbocycles. The number of nitrogens with one attached hydrogen (secondary N) is 1. The van der Waals surface area contributed by atoms with Gasteiger partial charge in [0.15, 0.2) is 5.78 Å². The van der Waals surface area contributed by atoms with Gasteiger partial charge in [-0.15, -0.1) is 0 Å². The van der Waals surface area contributed by atoms with Crippen molar-refractivity contribution < 1.29 is 9.21 Å². The van der Waals surface area contributed by atoms with Crippen LogP contribution < -0.4 is 16.6 Å². The highest BCUT2D eigenvalue weighted by atomic mass is 16.3. The maximum atomic E-state index is 12.9. The van der Waals surface area contributed by atoms with Gasteiger partial charge in [-0.2, -0.15) is 0 Å². The second-order valence-corrected chi connectivity index (χ2v) is 6.64. The first-order chi connectivity index (χ1) is 11.9. The number of hydrogen-bond donors (Lipinski definition) is 1. The maximum Gasteiger partial charge on any atom is 0.332 e. The van der Waals surface area contributed by atoms with E-state index in [-0.39, 0.29) is 5.78 Å². The summed E-state index contributed by atoms with van der Waals surface area (Å²) < 4.78 is 8.28. The zero-order valence-corrected chi connectivity index (χ0v) is 14.4. The number of Topliss-reactive ketones (excluding diaryl/α,β-unsaturated/α-hetero) is 1. The number of anilines is 1. The Morgan fingerprint density at radius 2 is 1.88 bits per heavy atom. The molecule has 0 spiro atoms. The lowest BCUT2D eigenvalue weighted by Crippen LogP contribution is -2.43. The Morgan fingerprint density at radius 1 is 1.12 bits per heavy atom. The second kappa shape index (κ2) is 5.34. The van der Waals surface area contributed by atoms with E-state index in [1.807, 2.05) is 13.0 Å². The predicted octanol–water partition coefficient (Wildman–Crippen LogP) is 1.55. The highest BCUT2D eigenvalue weighted by molar-refractivity contribution is 6.00. The van der Waals surface area contributed by atoms with E-state index in [9.17, 15) is 14.4 Å². The van der Waals surface area contributed by atoms with E-state index in [2.05, 4.69) is 5.32 Å². The molecule has 2 aromatic heterocycles. The van der Waals surface area contributed by atoms with Gasteiger partial charge in [-0.3, -0.25) is 18.7 Å². The summed E-state index contributed by atoms with van der Waals surface area (Å²) in [5, 5.41) is 3.18. The van der Waals surface area contributed by atoms with Crippen molar-refractivity contribution in [2.75, 3.05) is 5.32 Å². The Kier molecular flexibility index (Phi) is 3.35. The Morgan fingerprint density at radius 3 is 2.56 bits per heavy atom. The Bertz CT molecular complexity index is 1050. The average molecular weight is 341 g/mol. The van der Waals surface area contributed by atoms with Crippen LogP contribution in [0.15, 0.2) is 37.4 Å². The minimum atomic E-state index is -0.585. The normalized spacial score (nSPS) is 19.5. The van der Waals surface area contributed by atoms with Crippen LogP contribution in [0.2, 0.25) is 0 Å². The minimum absolute atomic E-state index is 0.0226. The summed E-state index contributed by atoms with van der Waals surface area (Å²) in [5.74, 6) is 1.15. The molecule has 1 atom stereocenters. The molecule has 25 heavy (non-hydrogen) atoms. The summed E-state index contributed by atoms with van der Waals surface area (Å²) in [6.07, 6.45) is 1.92. The van der Waals surface area contributed by atoms with Crippen LogP contribution in [-0.2, 0) is 18.9 Å². The molecule has 2 aromatic rings. The van der Waals surface area contributed by atoms with Crippen LogP contribution in [0.5, 0.6) is 0 Å². The van der Waals surface area contributed by atoms with Crippen LogP contribution in [0.3, 0.4) is 0 Å². The number of aryl methyl sites for hydroxylation is 1. The van der Waals surface area contributed by atoms with Crippen molar-refractivity contribution in [1.82, 2.24) is 9.13 Å². The van der Waals surface area contributed by atoms with Gasteiger partial charge in [0.2, 0.25) is 0 Å². The monoisotopic (exact) mass is 341 g/mol. The van der Waals surface area contributed by atoms with Crippen LogP contribution in [0, 0.1) is 6.92 Å². The zero-order chi connectivity index (χ0) is 17.9. The SMILES string of the molecule is Cc1ccc([C@H]2C3=C(CCCC3=O)Nc3c2c(=O)n(C)c(=O)n3C)o1. The van der Waals surface area contributed by atoms with Crippen LogP contribution >= 0.6 is 0 Å². The smallest absolute Gasteiger partial charge is 0.332 e. The predicted molar refractivity (Wildman–Crippen MR) is 91.7 cm³/mol. The van der Waals surface area contributed by atoms with E-state index >= 15 is 0 Å². The van der Waals surface area contributed by atoms with Crippen molar-refractivity contribution in [3.8, 4) is 0 Å². The third kappa shape index (κ3) is 2.15. The molecule has 1 aliphatic carbocycles. The van der Waals surface area contributed by atoms with Crippen LogP contribution in [-0.4, -0.2) is 14.9 Å². The van der Waals surface area contributed by atoms with Crippen LogP contribution in [0.25, 0.3) is 0 Å². The summed E-state index contributed by atoms with van der Waals surface area (Å²) in [5.41, 5.74) is 0.939. The molecule has 3 heterocycles. The number of fused-ring (bicyclic) bond motifs is 1. The number of hydrogen-bond acceptors (Lipinski definition) is 5. The lowest BCUT2D eigenvalue weighted by molar-refractivity contribution is -0.116. The molecule has 0 saturated carbocycles. The third-order valence-electron chi connectivity index (χ3n) is 5.05. The molecule has 0 amide bonds. The van der Waals surface area contributed by atoms with Crippen molar-refractivity contribution in [1.29, 1.82) is 0 Å². The molecule has 0 radical (unpaired) electrons. The summed E-state index contributed by atoms with van der Waals surface area (Å²) >= 11 is 0. The summed E-state index contributed by atoms with van der Waals surface area (Å²) in [4.78, 5) is 37.9. The third-order valence-corrected chi connectivity index (χ3v) is 5.05. The van der Waals surface area contributed by atoms with Gasteiger partial charge in [0.05, 0.1) is 11.5 Å². The molecular weight excluding hydrogens is 322 g/mol. The number of aromatic nitrogens is 2. The largest absolute Gasteiger partial charge is 0.465 e. The van der Waals surface area contributed by atoms with E-state index < -0.39 is 17.2 Å². The first-order valence-corrected chi connectivity index (χ1v) is 8.29. The van der Waals surface area contributed by atoms with Crippen molar-refractivity contribution in [2.45, 2.75) is 32.1 Å². The zero-order valence-electron chi connectivity index (χ0n) is 14.4. The topological polar surface area (TPSA) is 86.2 Å². The fraction of sp³-hybridized carbons (Fsp3) is 0.389. The molecule has 1 N–H and O–H groups in total. The number of carbonyl (C=O) groups excluding carboxylic acids is 1. The average Bonchev–Trinajstić information content (AvgIpc) is 3.02. The first-order valence-electron chi connectivity index (χ1n) is 8.29. The first kappa shape index (κ1) is 15.7.